The van der Waals surface area contributed by atoms with Crippen molar-refractivity contribution >= 4 is 6.08 Å². The average Bonchev–Trinajstić information content (AvgIpc) is 2.34. The summed E-state index contributed by atoms with van der Waals surface area (Å²) in [4.78, 5) is 10.4. The Labute approximate surface area is 100 Å². The summed E-state index contributed by atoms with van der Waals surface area (Å²) in [5.41, 5.74) is 0.877. The van der Waals surface area contributed by atoms with E-state index >= 15 is 0 Å². The highest BCUT2D eigenvalue weighted by Gasteiger charge is 2.09. The van der Waals surface area contributed by atoms with Crippen LogP contribution in [-0.2, 0) is 0 Å². The molecule has 4 heteroatoms. The molecule has 0 amide bonds. The molecule has 4 nitrogen and oxygen atoms in total. The summed E-state index contributed by atoms with van der Waals surface area (Å²) in [6, 6.07) is 7.22. The second-order valence-electron chi connectivity index (χ2n) is 3.38. The number of benzene rings is 1. The number of nitro groups is 1. The van der Waals surface area contributed by atoms with Gasteiger partial charge in [-0.25, -0.2) is 0 Å². The molecule has 0 heterocycles. The van der Waals surface area contributed by atoms with Crippen molar-refractivity contribution in [3.63, 3.8) is 0 Å². The molecule has 0 saturated heterocycles. The van der Waals surface area contributed by atoms with E-state index in [4.69, 9.17) is 4.74 Å². The van der Waals surface area contributed by atoms with Gasteiger partial charge < -0.3 is 4.74 Å². The Balaban J connectivity index is 3.03. The number of para-hydroxylation sites is 1. The first-order valence-electron chi connectivity index (χ1n) is 5.36. The van der Waals surface area contributed by atoms with Crippen LogP contribution in [0.5, 0.6) is 5.75 Å². The number of allylic oxidation sites excluding steroid dienone is 1. The van der Waals surface area contributed by atoms with E-state index in [1.165, 1.54) is 0 Å². The molecule has 17 heavy (non-hydrogen) atoms. The van der Waals surface area contributed by atoms with Crippen LogP contribution in [0.1, 0.15) is 18.9 Å². The zero-order valence-electron chi connectivity index (χ0n) is 9.76. The van der Waals surface area contributed by atoms with Gasteiger partial charge in [0.25, 0.3) is 0 Å². The molecule has 0 fully saturated rings. The molecule has 0 unspecified atom stereocenters. The van der Waals surface area contributed by atoms with Crippen LogP contribution in [0.2, 0.25) is 0 Å². The Bertz CT molecular complexity index is 438. The van der Waals surface area contributed by atoms with Crippen molar-refractivity contribution in [1.82, 2.24) is 0 Å². The molecule has 0 aliphatic rings. The third-order valence-electron chi connectivity index (χ3n) is 2.19. The molecule has 0 N–H and O–H groups in total. The second kappa shape index (κ2) is 6.48. The lowest BCUT2D eigenvalue weighted by atomic mass is 10.1. The van der Waals surface area contributed by atoms with Crippen LogP contribution in [0.15, 0.2) is 42.6 Å². The van der Waals surface area contributed by atoms with Gasteiger partial charge in [0, 0.05) is 18.1 Å². The van der Waals surface area contributed by atoms with Gasteiger partial charge in [-0.3, -0.25) is 10.1 Å². The topological polar surface area (TPSA) is 52.4 Å². The fraction of sp³-hybridized carbons (Fsp3) is 0.231. The van der Waals surface area contributed by atoms with Gasteiger partial charge in [-0.15, -0.1) is 0 Å². The van der Waals surface area contributed by atoms with Crippen LogP contribution in [0.25, 0.3) is 6.08 Å². The molecule has 0 aromatic heterocycles. The van der Waals surface area contributed by atoms with E-state index in [-0.39, 0.29) is 10.6 Å². The quantitative estimate of drug-likeness (QED) is 0.430. The van der Waals surface area contributed by atoms with Gasteiger partial charge in [0.05, 0.1) is 4.92 Å². The summed E-state index contributed by atoms with van der Waals surface area (Å²) in [6.07, 6.45) is 3.55. The summed E-state index contributed by atoms with van der Waals surface area (Å²) in [6.45, 7) is 5.69. The highest BCUT2D eigenvalue weighted by atomic mass is 16.6. The lowest BCUT2D eigenvalue weighted by Gasteiger charge is -2.06. The van der Waals surface area contributed by atoms with E-state index in [1.54, 1.807) is 31.2 Å². The van der Waals surface area contributed by atoms with Crippen molar-refractivity contribution in [3.05, 3.63) is 58.3 Å². The predicted octanol–water partition coefficient (Wildman–Crippen LogP) is 3.28. The molecule has 1 rings (SSSR count). The van der Waals surface area contributed by atoms with E-state index in [2.05, 4.69) is 6.58 Å². The van der Waals surface area contributed by atoms with Gasteiger partial charge in [0.2, 0.25) is 5.70 Å². The van der Waals surface area contributed by atoms with Gasteiger partial charge in [-0.2, -0.15) is 0 Å². The van der Waals surface area contributed by atoms with Crippen LogP contribution in [0.3, 0.4) is 0 Å². The molecule has 1 aromatic carbocycles. The Hall–Kier alpha value is -2.10. The molecule has 90 valence electrons. The summed E-state index contributed by atoms with van der Waals surface area (Å²) in [5, 5.41) is 10.7. The predicted molar refractivity (Wildman–Crippen MR) is 67.4 cm³/mol. The zero-order valence-corrected chi connectivity index (χ0v) is 9.76. The summed E-state index contributed by atoms with van der Waals surface area (Å²) < 4.78 is 5.43. The normalized spacial score (nSPS) is 11.0. The maximum atomic E-state index is 10.7. The van der Waals surface area contributed by atoms with Gasteiger partial charge in [0.15, 0.2) is 0 Å². The maximum absolute atomic E-state index is 10.7. The minimum Gasteiger partial charge on any atom is -0.489 e. The van der Waals surface area contributed by atoms with Gasteiger partial charge in [-0.1, -0.05) is 37.8 Å². The molecular weight excluding hydrogens is 218 g/mol. The molecule has 0 atom stereocenters. The first kappa shape index (κ1) is 13.0. The van der Waals surface area contributed by atoms with E-state index in [1.807, 2.05) is 12.1 Å². The number of ether oxygens (including phenoxy) is 1. The van der Waals surface area contributed by atoms with Crippen molar-refractivity contribution < 1.29 is 9.66 Å². The Morgan fingerprint density at radius 2 is 2.24 bits per heavy atom. The molecule has 0 radical (unpaired) electrons. The maximum Gasteiger partial charge on any atom is 0.246 e. The van der Waals surface area contributed by atoms with E-state index in [0.717, 1.165) is 0 Å². The number of hydrogen-bond acceptors (Lipinski definition) is 3. The van der Waals surface area contributed by atoms with Gasteiger partial charge >= 0.3 is 0 Å². The molecule has 0 aliphatic carbocycles. The standard InChI is InChI=1S/C13H15NO3/c1-3-9-17-13-8-6-5-7-11(13)10-12(4-2)14(15)16/h3,5-8,10H,1,4,9H2,2H3/b12-10+. The molecule has 0 saturated carbocycles. The monoisotopic (exact) mass is 233 g/mol. The first-order valence-corrected chi connectivity index (χ1v) is 5.36. The number of rotatable bonds is 6. The number of hydrogen-bond donors (Lipinski definition) is 0. The van der Waals surface area contributed by atoms with Crippen molar-refractivity contribution in [2.45, 2.75) is 13.3 Å². The van der Waals surface area contributed by atoms with E-state index in [9.17, 15) is 10.1 Å². The third-order valence-corrected chi connectivity index (χ3v) is 2.19. The largest absolute Gasteiger partial charge is 0.489 e. The van der Waals surface area contributed by atoms with Crippen molar-refractivity contribution in [2.75, 3.05) is 6.61 Å². The summed E-state index contributed by atoms with van der Waals surface area (Å²) >= 11 is 0. The van der Waals surface area contributed by atoms with Crippen LogP contribution in [0, 0.1) is 10.1 Å². The van der Waals surface area contributed by atoms with Crippen molar-refractivity contribution in [1.29, 1.82) is 0 Å². The Morgan fingerprint density at radius 1 is 1.53 bits per heavy atom. The summed E-state index contributed by atoms with van der Waals surface area (Å²) in [7, 11) is 0. The lowest BCUT2D eigenvalue weighted by molar-refractivity contribution is -0.425. The highest BCUT2D eigenvalue weighted by Crippen LogP contribution is 2.21. The van der Waals surface area contributed by atoms with E-state index in [0.29, 0.717) is 24.3 Å². The molecule has 0 bridgehead atoms. The first-order chi connectivity index (χ1) is 8.19. The SMILES string of the molecule is C=CCOc1ccccc1/C=C(\CC)[N+](=O)[O-]. The molecule has 0 spiro atoms. The number of nitrogens with zero attached hydrogens (tertiary/aromatic N) is 1. The van der Waals surface area contributed by atoms with Crippen LogP contribution >= 0.6 is 0 Å². The lowest BCUT2D eigenvalue weighted by Crippen LogP contribution is -1.99. The van der Waals surface area contributed by atoms with Crippen LogP contribution in [-0.4, -0.2) is 11.5 Å². The average molecular weight is 233 g/mol. The minimum absolute atomic E-state index is 0.166. The molecule has 1 aromatic rings. The van der Waals surface area contributed by atoms with Crippen LogP contribution in [0.4, 0.5) is 0 Å². The second-order valence-corrected chi connectivity index (χ2v) is 3.38. The van der Waals surface area contributed by atoms with Gasteiger partial charge in [0.1, 0.15) is 12.4 Å². The van der Waals surface area contributed by atoms with Crippen molar-refractivity contribution in [3.8, 4) is 5.75 Å². The third kappa shape index (κ3) is 3.75. The molecule has 0 aliphatic heterocycles. The van der Waals surface area contributed by atoms with Crippen molar-refractivity contribution in [2.24, 2.45) is 0 Å². The van der Waals surface area contributed by atoms with Gasteiger partial charge in [-0.05, 0) is 6.07 Å². The highest BCUT2D eigenvalue weighted by molar-refractivity contribution is 5.58. The van der Waals surface area contributed by atoms with E-state index < -0.39 is 0 Å². The fourth-order valence-corrected chi connectivity index (χ4v) is 1.34. The summed E-state index contributed by atoms with van der Waals surface area (Å²) in [5.74, 6) is 0.625. The zero-order chi connectivity index (χ0) is 12.7. The van der Waals surface area contributed by atoms with Crippen LogP contribution < -0.4 is 4.74 Å². The Morgan fingerprint density at radius 3 is 2.82 bits per heavy atom. The smallest absolute Gasteiger partial charge is 0.246 e. The minimum atomic E-state index is -0.371. The molecular formula is C13H15NO3. The Kier molecular flexibility index (Phi) is 4.94. The fourth-order valence-electron chi connectivity index (χ4n) is 1.34.